The summed E-state index contributed by atoms with van der Waals surface area (Å²) in [6.45, 7) is 0. The maximum atomic E-state index is 12.9. The van der Waals surface area contributed by atoms with Crippen molar-refractivity contribution >= 4 is 11.6 Å². The maximum Gasteiger partial charge on any atom is 0.173 e. The molecule has 1 aliphatic carbocycles. The molecule has 2 rings (SSSR count). The van der Waals surface area contributed by atoms with Crippen molar-refractivity contribution in [2.45, 2.75) is 19.3 Å². The van der Waals surface area contributed by atoms with Crippen molar-refractivity contribution in [1.82, 2.24) is 0 Å². The molecule has 78 valence electrons. The molecule has 0 amide bonds. The van der Waals surface area contributed by atoms with Gasteiger partial charge in [0.15, 0.2) is 5.78 Å². The molecule has 1 aromatic rings. The van der Waals surface area contributed by atoms with E-state index in [1.807, 2.05) is 0 Å². The van der Waals surface area contributed by atoms with Crippen LogP contribution in [0.15, 0.2) is 24.3 Å². The van der Waals surface area contributed by atoms with Gasteiger partial charge in [-0.25, -0.2) is 4.39 Å². The molecule has 0 spiro atoms. The summed E-state index contributed by atoms with van der Waals surface area (Å²) in [5.74, 6) is -1.22. The molecular weight excluding hydrogens is 195 g/mol. The van der Waals surface area contributed by atoms with Gasteiger partial charge in [0.2, 0.25) is 0 Å². The SMILES string of the molecule is O=C1CCCC1C(=O)c1cccc(F)c1. The summed E-state index contributed by atoms with van der Waals surface area (Å²) in [5.41, 5.74) is 0.301. The Balaban J connectivity index is 2.24. The first-order valence-corrected chi connectivity index (χ1v) is 5.01. The first-order valence-electron chi connectivity index (χ1n) is 5.01. The molecule has 1 saturated carbocycles. The number of carbonyl (C=O) groups excluding carboxylic acids is 2. The third-order valence-electron chi connectivity index (χ3n) is 2.73. The topological polar surface area (TPSA) is 34.1 Å². The number of ketones is 2. The smallest absolute Gasteiger partial charge is 0.173 e. The van der Waals surface area contributed by atoms with Gasteiger partial charge in [-0.1, -0.05) is 12.1 Å². The quantitative estimate of drug-likeness (QED) is 0.550. The molecule has 0 bridgehead atoms. The highest BCUT2D eigenvalue weighted by Crippen LogP contribution is 2.25. The summed E-state index contributed by atoms with van der Waals surface area (Å²) in [6.07, 6.45) is 1.85. The minimum Gasteiger partial charge on any atom is -0.299 e. The van der Waals surface area contributed by atoms with Crippen LogP contribution in [0.5, 0.6) is 0 Å². The first-order chi connectivity index (χ1) is 7.18. The zero-order valence-electron chi connectivity index (χ0n) is 8.20. The Hall–Kier alpha value is -1.51. The van der Waals surface area contributed by atoms with Gasteiger partial charge >= 0.3 is 0 Å². The first kappa shape index (κ1) is 10.0. The van der Waals surface area contributed by atoms with Crippen LogP contribution in [-0.4, -0.2) is 11.6 Å². The van der Waals surface area contributed by atoms with Gasteiger partial charge in [0.05, 0.1) is 5.92 Å². The van der Waals surface area contributed by atoms with E-state index >= 15 is 0 Å². The summed E-state index contributed by atoms with van der Waals surface area (Å²) in [6, 6.07) is 5.51. The summed E-state index contributed by atoms with van der Waals surface area (Å²) in [4.78, 5) is 23.2. The Morgan fingerprint density at radius 1 is 1.40 bits per heavy atom. The highest BCUT2D eigenvalue weighted by Gasteiger charge is 2.31. The third-order valence-corrected chi connectivity index (χ3v) is 2.73. The molecule has 0 aromatic heterocycles. The molecule has 1 unspecified atom stereocenters. The number of benzene rings is 1. The monoisotopic (exact) mass is 206 g/mol. The molecule has 3 heteroatoms. The van der Waals surface area contributed by atoms with Gasteiger partial charge in [-0.3, -0.25) is 9.59 Å². The minimum absolute atomic E-state index is 0.00994. The van der Waals surface area contributed by atoms with Crippen LogP contribution in [0.2, 0.25) is 0 Å². The Bertz CT molecular complexity index is 412. The molecule has 0 radical (unpaired) electrons. The lowest BCUT2D eigenvalue weighted by molar-refractivity contribution is -0.119. The van der Waals surface area contributed by atoms with Crippen molar-refractivity contribution in [2.75, 3.05) is 0 Å². The van der Waals surface area contributed by atoms with Crippen molar-refractivity contribution in [3.63, 3.8) is 0 Å². The fourth-order valence-corrected chi connectivity index (χ4v) is 1.94. The summed E-state index contributed by atoms with van der Waals surface area (Å²) in [5, 5.41) is 0. The van der Waals surface area contributed by atoms with Gasteiger partial charge in [-0.05, 0) is 25.0 Å². The van der Waals surface area contributed by atoms with Crippen molar-refractivity contribution in [3.05, 3.63) is 35.6 Å². The van der Waals surface area contributed by atoms with Crippen molar-refractivity contribution in [1.29, 1.82) is 0 Å². The molecule has 0 N–H and O–H groups in total. The van der Waals surface area contributed by atoms with Gasteiger partial charge in [-0.15, -0.1) is 0 Å². The fraction of sp³-hybridized carbons (Fsp3) is 0.333. The second kappa shape index (κ2) is 3.93. The fourth-order valence-electron chi connectivity index (χ4n) is 1.94. The second-order valence-corrected chi connectivity index (χ2v) is 3.79. The molecule has 0 aliphatic heterocycles. The van der Waals surface area contributed by atoms with E-state index < -0.39 is 11.7 Å². The lowest BCUT2D eigenvalue weighted by atomic mass is 9.95. The number of rotatable bonds is 2. The van der Waals surface area contributed by atoms with Gasteiger partial charge in [-0.2, -0.15) is 0 Å². The number of hydrogen-bond donors (Lipinski definition) is 0. The van der Waals surface area contributed by atoms with Crippen LogP contribution < -0.4 is 0 Å². The standard InChI is InChI=1S/C12H11FO2/c13-9-4-1-3-8(7-9)12(15)10-5-2-6-11(10)14/h1,3-4,7,10H,2,5-6H2. The number of hydrogen-bond acceptors (Lipinski definition) is 2. The van der Waals surface area contributed by atoms with Gasteiger partial charge in [0.1, 0.15) is 11.6 Å². The van der Waals surface area contributed by atoms with Crippen LogP contribution in [0.1, 0.15) is 29.6 Å². The summed E-state index contributed by atoms with van der Waals surface area (Å²) < 4.78 is 12.9. The third kappa shape index (κ3) is 1.96. The Morgan fingerprint density at radius 2 is 2.20 bits per heavy atom. The summed E-state index contributed by atoms with van der Waals surface area (Å²) in [7, 11) is 0. The van der Waals surface area contributed by atoms with Crippen molar-refractivity contribution < 1.29 is 14.0 Å². The van der Waals surface area contributed by atoms with Crippen LogP contribution in [0.25, 0.3) is 0 Å². The average Bonchev–Trinajstić information content (AvgIpc) is 2.63. The molecule has 1 aliphatic rings. The molecule has 15 heavy (non-hydrogen) atoms. The van der Waals surface area contributed by atoms with Crippen LogP contribution in [0.3, 0.4) is 0 Å². The molecular formula is C12H11FO2. The van der Waals surface area contributed by atoms with E-state index in [2.05, 4.69) is 0 Å². The largest absolute Gasteiger partial charge is 0.299 e. The van der Waals surface area contributed by atoms with Crippen molar-refractivity contribution in [3.8, 4) is 0 Å². The Labute approximate surface area is 87.1 Å². The zero-order chi connectivity index (χ0) is 10.8. The van der Waals surface area contributed by atoms with E-state index in [9.17, 15) is 14.0 Å². The number of carbonyl (C=O) groups is 2. The maximum absolute atomic E-state index is 12.9. The highest BCUT2D eigenvalue weighted by molar-refractivity contribution is 6.11. The predicted molar refractivity (Wildman–Crippen MR) is 53.1 cm³/mol. The number of Topliss-reactive ketones (excluding diaryl/α,β-unsaturated/α-hetero) is 2. The second-order valence-electron chi connectivity index (χ2n) is 3.79. The Morgan fingerprint density at radius 3 is 2.80 bits per heavy atom. The molecule has 0 saturated heterocycles. The normalized spacial score (nSPS) is 20.6. The highest BCUT2D eigenvalue weighted by atomic mass is 19.1. The zero-order valence-corrected chi connectivity index (χ0v) is 8.20. The van der Waals surface area contributed by atoms with Crippen LogP contribution >= 0.6 is 0 Å². The van der Waals surface area contributed by atoms with E-state index in [-0.39, 0.29) is 11.6 Å². The predicted octanol–water partition coefficient (Wildman–Crippen LogP) is 2.38. The molecule has 1 atom stereocenters. The molecule has 0 heterocycles. The molecule has 1 fully saturated rings. The van der Waals surface area contributed by atoms with E-state index in [0.717, 1.165) is 6.42 Å². The van der Waals surface area contributed by atoms with E-state index in [1.54, 1.807) is 6.07 Å². The van der Waals surface area contributed by atoms with Gasteiger partial charge in [0.25, 0.3) is 0 Å². The van der Waals surface area contributed by atoms with E-state index in [0.29, 0.717) is 18.4 Å². The lowest BCUT2D eigenvalue weighted by Crippen LogP contribution is -2.18. The Kier molecular flexibility index (Phi) is 2.62. The van der Waals surface area contributed by atoms with E-state index in [4.69, 9.17) is 0 Å². The minimum atomic E-state index is -0.535. The molecule has 2 nitrogen and oxygen atoms in total. The van der Waals surface area contributed by atoms with Crippen LogP contribution in [0, 0.1) is 11.7 Å². The summed E-state index contributed by atoms with van der Waals surface area (Å²) >= 11 is 0. The van der Waals surface area contributed by atoms with Gasteiger partial charge in [0, 0.05) is 12.0 Å². The molecule has 1 aromatic carbocycles. The van der Waals surface area contributed by atoms with Crippen LogP contribution in [-0.2, 0) is 4.79 Å². The van der Waals surface area contributed by atoms with Gasteiger partial charge < -0.3 is 0 Å². The van der Waals surface area contributed by atoms with Crippen LogP contribution in [0.4, 0.5) is 4.39 Å². The average molecular weight is 206 g/mol. The number of halogens is 1. The lowest BCUT2D eigenvalue weighted by Gasteiger charge is -2.06. The van der Waals surface area contributed by atoms with E-state index in [1.165, 1.54) is 18.2 Å². The van der Waals surface area contributed by atoms with Crippen molar-refractivity contribution in [2.24, 2.45) is 5.92 Å².